The maximum atomic E-state index is 13.9. The fourth-order valence-corrected chi connectivity index (χ4v) is 4.07. The normalized spacial score (nSPS) is 12.6. The van der Waals surface area contributed by atoms with Gasteiger partial charge in [-0.05, 0) is 34.7 Å². The highest BCUT2D eigenvalue weighted by atomic mass is 79.9. The highest BCUT2D eigenvalue weighted by molar-refractivity contribution is 9.11. The number of hydrogen-bond donors (Lipinski definition) is 0. The van der Waals surface area contributed by atoms with Crippen molar-refractivity contribution in [2.24, 2.45) is 0 Å². The van der Waals surface area contributed by atoms with Crippen LogP contribution in [-0.2, 0) is 0 Å². The largest absolute Gasteiger partial charge is 0.207 e. The first kappa shape index (κ1) is 14.7. The second-order valence-corrected chi connectivity index (χ2v) is 6.48. The molecule has 0 fully saturated rings. The Kier molecular flexibility index (Phi) is 4.09. The van der Waals surface area contributed by atoms with Gasteiger partial charge in [0.05, 0.1) is 4.83 Å². The average Bonchev–Trinajstić information content (AvgIpc) is 2.47. The predicted octanol–water partition coefficient (Wildman–Crippen LogP) is 6.36. The first-order valence-corrected chi connectivity index (χ1v) is 8.05. The van der Waals surface area contributed by atoms with Crippen molar-refractivity contribution in [2.75, 3.05) is 0 Å². The Labute approximate surface area is 138 Å². The van der Waals surface area contributed by atoms with Crippen LogP contribution in [-0.4, -0.2) is 0 Å². The quantitative estimate of drug-likeness (QED) is 0.430. The van der Waals surface area contributed by atoms with E-state index in [1.54, 1.807) is 18.2 Å². The standard InChI is InChI=1S/C17H10Br2F2/c18-15-9-10(20)5-6-14(15)17(19)13-7-8-16(21)12-4-2-1-3-11(12)13/h1-9,17H. The highest BCUT2D eigenvalue weighted by Gasteiger charge is 2.17. The Bertz CT molecular complexity index is 815. The van der Waals surface area contributed by atoms with Crippen molar-refractivity contribution >= 4 is 42.6 Å². The van der Waals surface area contributed by atoms with Crippen LogP contribution < -0.4 is 0 Å². The average molecular weight is 412 g/mol. The third kappa shape index (κ3) is 2.74. The molecule has 0 saturated carbocycles. The topological polar surface area (TPSA) is 0 Å². The lowest BCUT2D eigenvalue weighted by molar-refractivity contribution is 0.626. The van der Waals surface area contributed by atoms with Crippen LogP contribution in [0.2, 0.25) is 0 Å². The first-order chi connectivity index (χ1) is 10.1. The van der Waals surface area contributed by atoms with Crippen LogP contribution in [0.1, 0.15) is 16.0 Å². The van der Waals surface area contributed by atoms with E-state index in [1.165, 1.54) is 18.2 Å². The van der Waals surface area contributed by atoms with Gasteiger partial charge in [-0.15, -0.1) is 0 Å². The number of alkyl halides is 1. The molecule has 4 heteroatoms. The Hall–Kier alpha value is -1.26. The smallest absolute Gasteiger partial charge is 0.131 e. The minimum atomic E-state index is -0.297. The van der Waals surface area contributed by atoms with Gasteiger partial charge in [-0.25, -0.2) is 8.78 Å². The molecule has 0 aromatic heterocycles. The van der Waals surface area contributed by atoms with Gasteiger partial charge in [0.25, 0.3) is 0 Å². The van der Waals surface area contributed by atoms with E-state index >= 15 is 0 Å². The van der Waals surface area contributed by atoms with Crippen LogP contribution in [0.5, 0.6) is 0 Å². The van der Waals surface area contributed by atoms with Crippen LogP contribution in [0.3, 0.4) is 0 Å². The molecule has 0 aliphatic rings. The summed E-state index contributed by atoms with van der Waals surface area (Å²) in [5.41, 5.74) is 1.84. The van der Waals surface area contributed by atoms with Gasteiger partial charge < -0.3 is 0 Å². The molecule has 0 bridgehead atoms. The summed E-state index contributed by atoms with van der Waals surface area (Å²) in [5, 5.41) is 1.42. The lowest BCUT2D eigenvalue weighted by Crippen LogP contribution is -1.97. The van der Waals surface area contributed by atoms with Crippen LogP contribution >= 0.6 is 31.9 Å². The van der Waals surface area contributed by atoms with Crippen molar-refractivity contribution in [3.8, 4) is 0 Å². The van der Waals surface area contributed by atoms with E-state index in [0.29, 0.717) is 9.86 Å². The fourth-order valence-electron chi connectivity index (χ4n) is 2.38. The molecule has 0 N–H and O–H groups in total. The summed E-state index contributed by atoms with van der Waals surface area (Å²) in [7, 11) is 0. The van der Waals surface area contributed by atoms with E-state index in [1.807, 2.05) is 18.2 Å². The molecular weight excluding hydrogens is 402 g/mol. The molecule has 0 aliphatic carbocycles. The molecule has 0 spiro atoms. The van der Waals surface area contributed by atoms with Crippen molar-refractivity contribution in [3.63, 3.8) is 0 Å². The zero-order valence-corrected chi connectivity index (χ0v) is 14.0. The molecule has 1 unspecified atom stereocenters. The van der Waals surface area contributed by atoms with Gasteiger partial charge >= 0.3 is 0 Å². The van der Waals surface area contributed by atoms with Crippen molar-refractivity contribution in [1.82, 2.24) is 0 Å². The van der Waals surface area contributed by atoms with Gasteiger partial charge in [0.15, 0.2) is 0 Å². The zero-order valence-electron chi connectivity index (χ0n) is 10.8. The third-order valence-electron chi connectivity index (χ3n) is 3.41. The molecular formula is C17H10Br2F2. The van der Waals surface area contributed by atoms with Crippen LogP contribution in [0.4, 0.5) is 8.78 Å². The van der Waals surface area contributed by atoms with E-state index in [0.717, 1.165) is 16.5 Å². The molecule has 0 heterocycles. The summed E-state index contributed by atoms with van der Waals surface area (Å²) in [6.07, 6.45) is 0. The Morgan fingerprint density at radius 2 is 1.48 bits per heavy atom. The molecule has 0 amide bonds. The predicted molar refractivity (Wildman–Crippen MR) is 88.8 cm³/mol. The third-order valence-corrected chi connectivity index (χ3v) is 5.09. The summed E-state index contributed by atoms with van der Waals surface area (Å²) in [5.74, 6) is -0.540. The van der Waals surface area contributed by atoms with Gasteiger partial charge in [0.1, 0.15) is 11.6 Å². The maximum absolute atomic E-state index is 13.9. The minimum Gasteiger partial charge on any atom is -0.207 e. The van der Waals surface area contributed by atoms with Gasteiger partial charge in [0, 0.05) is 9.86 Å². The van der Waals surface area contributed by atoms with Crippen molar-refractivity contribution in [2.45, 2.75) is 4.83 Å². The zero-order chi connectivity index (χ0) is 15.0. The van der Waals surface area contributed by atoms with E-state index in [2.05, 4.69) is 31.9 Å². The molecule has 3 rings (SSSR count). The first-order valence-electron chi connectivity index (χ1n) is 6.34. The van der Waals surface area contributed by atoms with E-state index in [-0.39, 0.29) is 16.5 Å². The lowest BCUT2D eigenvalue weighted by Gasteiger charge is -2.15. The van der Waals surface area contributed by atoms with E-state index in [9.17, 15) is 8.78 Å². The monoisotopic (exact) mass is 410 g/mol. The molecule has 0 aliphatic heterocycles. The Morgan fingerprint density at radius 3 is 2.19 bits per heavy atom. The van der Waals surface area contributed by atoms with Gasteiger partial charge in [-0.1, -0.05) is 68.3 Å². The van der Waals surface area contributed by atoms with Crippen molar-refractivity contribution in [3.05, 3.63) is 81.8 Å². The maximum Gasteiger partial charge on any atom is 0.131 e. The molecule has 3 aromatic carbocycles. The number of halogens is 4. The number of hydrogen-bond acceptors (Lipinski definition) is 0. The van der Waals surface area contributed by atoms with Crippen LogP contribution in [0, 0.1) is 11.6 Å². The highest BCUT2D eigenvalue weighted by Crippen LogP contribution is 2.39. The minimum absolute atomic E-state index is 0.155. The van der Waals surface area contributed by atoms with Crippen molar-refractivity contribution < 1.29 is 8.78 Å². The number of rotatable bonds is 2. The summed E-state index contributed by atoms with van der Waals surface area (Å²) in [6, 6.07) is 15.1. The summed E-state index contributed by atoms with van der Waals surface area (Å²) < 4.78 is 27.8. The van der Waals surface area contributed by atoms with Gasteiger partial charge in [0.2, 0.25) is 0 Å². The Morgan fingerprint density at radius 1 is 0.810 bits per heavy atom. The molecule has 0 nitrogen and oxygen atoms in total. The SMILES string of the molecule is Fc1ccc(C(Br)c2ccc(F)c3ccccc23)c(Br)c1. The van der Waals surface area contributed by atoms with Gasteiger partial charge in [-0.2, -0.15) is 0 Å². The molecule has 0 saturated heterocycles. The summed E-state index contributed by atoms with van der Waals surface area (Å²) in [6.45, 7) is 0. The van der Waals surface area contributed by atoms with Crippen LogP contribution in [0.25, 0.3) is 10.8 Å². The van der Waals surface area contributed by atoms with Gasteiger partial charge in [-0.3, -0.25) is 0 Å². The number of fused-ring (bicyclic) bond motifs is 1. The molecule has 1 atom stereocenters. The van der Waals surface area contributed by atoms with Crippen molar-refractivity contribution in [1.29, 1.82) is 0 Å². The second kappa shape index (κ2) is 5.85. The Balaban J connectivity index is 2.18. The molecule has 21 heavy (non-hydrogen) atoms. The second-order valence-electron chi connectivity index (χ2n) is 4.71. The summed E-state index contributed by atoms with van der Waals surface area (Å²) in [4.78, 5) is -0.155. The van der Waals surface area contributed by atoms with Crippen LogP contribution in [0.15, 0.2) is 59.1 Å². The van der Waals surface area contributed by atoms with E-state index < -0.39 is 0 Å². The molecule has 106 valence electrons. The van der Waals surface area contributed by atoms with E-state index in [4.69, 9.17) is 0 Å². The molecule has 3 aromatic rings. The number of benzene rings is 3. The summed E-state index contributed by atoms with van der Waals surface area (Å²) >= 11 is 7.02. The fraction of sp³-hybridized carbons (Fsp3) is 0.0588. The molecule has 0 radical (unpaired) electrons. The lowest BCUT2D eigenvalue weighted by atomic mass is 9.98.